The Morgan fingerprint density at radius 2 is 2.06 bits per heavy atom. The van der Waals surface area contributed by atoms with E-state index in [0.717, 1.165) is 44.7 Å². The highest BCUT2D eigenvalue weighted by molar-refractivity contribution is 7.14. The molecule has 0 unspecified atom stereocenters. The molecule has 0 aliphatic rings. The number of amides is 1. The minimum Gasteiger partial charge on any atom is -0.335 e. The van der Waals surface area contributed by atoms with E-state index in [1.165, 1.54) is 6.07 Å². The number of hydrogen-bond donors (Lipinski definition) is 3. The number of pyridine rings is 3. The Hall–Kier alpha value is -4.51. The van der Waals surface area contributed by atoms with E-state index in [-0.39, 0.29) is 11.0 Å². The number of aromatic nitrogens is 7. The molecule has 0 saturated heterocycles. The van der Waals surface area contributed by atoms with Crippen LogP contribution in [0.15, 0.2) is 55.1 Å². The first-order chi connectivity index (χ1) is 17.6. The number of imidazole rings is 1. The van der Waals surface area contributed by atoms with E-state index in [4.69, 9.17) is 0 Å². The van der Waals surface area contributed by atoms with E-state index in [1.54, 1.807) is 30.9 Å². The van der Waals surface area contributed by atoms with Crippen LogP contribution in [0, 0.1) is 5.13 Å². The second-order valence-corrected chi connectivity index (χ2v) is 9.23. The summed E-state index contributed by atoms with van der Waals surface area (Å²) in [6, 6.07) is 8.76. The van der Waals surface area contributed by atoms with E-state index in [1.807, 2.05) is 25.1 Å². The van der Waals surface area contributed by atoms with Crippen molar-refractivity contribution in [2.24, 2.45) is 0 Å². The monoisotopic (exact) mass is 498 g/mol. The Labute approximate surface area is 207 Å². The third-order valence-corrected chi connectivity index (χ3v) is 6.60. The van der Waals surface area contributed by atoms with E-state index in [0.29, 0.717) is 40.5 Å². The molecule has 0 aliphatic heterocycles. The molecule has 0 bridgehead atoms. The van der Waals surface area contributed by atoms with Crippen LogP contribution in [0.25, 0.3) is 55.3 Å². The van der Waals surface area contributed by atoms with Gasteiger partial charge in [0.1, 0.15) is 5.69 Å². The van der Waals surface area contributed by atoms with Gasteiger partial charge in [0.05, 0.1) is 34.8 Å². The number of carbonyl (C=O) groups excluding carboxylic acids is 1. The molecule has 0 aromatic carbocycles. The Morgan fingerprint density at radius 1 is 1.14 bits per heavy atom. The number of fused-ring (bicyclic) bond motifs is 2. The minimum absolute atomic E-state index is 0.0554. The van der Waals surface area contributed by atoms with Crippen molar-refractivity contribution in [1.82, 2.24) is 35.1 Å². The summed E-state index contributed by atoms with van der Waals surface area (Å²) in [4.78, 5) is 33.9. The van der Waals surface area contributed by atoms with E-state index >= 15 is 0 Å². The molecule has 6 heterocycles. The molecule has 9 nitrogen and oxygen atoms in total. The van der Waals surface area contributed by atoms with E-state index in [9.17, 15) is 9.18 Å². The maximum atomic E-state index is 13.6. The number of anilines is 1. The number of aromatic amines is 2. The molecule has 11 heteroatoms. The molecule has 0 atom stereocenters. The van der Waals surface area contributed by atoms with Crippen LogP contribution in [-0.2, 0) is 4.79 Å². The number of nitrogens with zero attached hydrogens (tertiary/aromatic N) is 5. The zero-order chi connectivity index (χ0) is 24.6. The smallest absolute Gasteiger partial charge is 0.224 e. The van der Waals surface area contributed by atoms with Gasteiger partial charge in [-0.3, -0.25) is 19.9 Å². The molecule has 0 saturated carbocycles. The van der Waals surface area contributed by atoms with Gasteiger partial charge in [-0.25, -0.2) is 9.97 Å². The van der Waals surface area contributed by atoms with Crippen LogP contribution < -0.4 is 5.32 Å². The summed E-state index contributed by atoms with van der Waals surface area (Å²) in [6.45, 7) is 1.96. The number of hydrogen-bond acceptors (Lipinski definition) is 7. The molecule has 0 aliphatic carbocycles. The van der Waals surface area contributed by atoms with Crippen molar-refractivity contribution >= 4 is 45.0 Å². The van der Waals surface area contributed by atoms with Crippen molar-refractivity contribution in [3.63, 3.8) is 0 Å². The number of carbonyl (C=O) groups is 1. The van der Waals surface area contributed by atoms with Crippen LogP contribution in [0.2, 0.25) is 0 Å². The van der Waals surface area contributed by atoms with Gasteiger partial charge in [0.15, 0.2) is 16.6 Å². The predicted octanol–water partition coefficient (Wildman–Crippen LogP) is 5.56. The molecule has 6 aromatic rings. The number of halogens is 1. The Balaban J connectivity index is 1.40. The standard InChI is InChI=1S/C25H19FN8OS/c1-2-3-21(35)30-14-8-13(10-27-11-14)17-9-16-18(12-29-17)33-34-23(16)25-31-22-15(6-7-28-24(22)32-25)19-4-5-20(26)36-19/h4-12H,2-3H2,1H3,(H,30,35)(H,33,34)(H,28,31,32). The molecule has 0 fully saturated rings. The van der Waals surface area contributed by atoms with Gasteiger partial charge in [0.2, 0.25) is 5.91 Å². The number of nitrogens with one attached hydrogen (secondary N) is 3. The topological polar surface area (TPSA) is 125 Å². The molecular formula is C25H19FN8OS. The largest absolute Gasteiger partial charge is 0.335 e. The van der Waals surface area contributed by atoms with Gasteiger partial charge in [-0.1, -0.05) is 6.92 Å². The average Bonchev–Trinajstić information content (AvgIpc) is 3.61. The zero-order valence-corrected chi connectivity index (χ0v) is 19.9. The fraction of sp³-hybridized carbons (Fsp3) is 0.120. The molecule has 6 aromatic heterocycles. The van der Waals surface area contributed by atoms with Crippen LogP contribution in [-0.4, -0.2) is 41.0 Å². The average molecular weight is 499 g/mol. The molecule has 1 amide bonds. The summed E-state index contributed by atoms with van der Waals surface area (Å²) in [7, 11) is 0. The first kappa shape index (κ1) is 22.0. The van der Waals surface area contributed by atoms with Crippen molar-refractivity contribution in [2.45, 2.75) is 19.8 Å². The molecule has 0 radical (unpaired) electrons. The summed E-state index contributed by atoms with van der Waals surface area (Å²) in [5.74, 6) is 0.476. The maximum absolute atomic E-state index is 13.6. The zero-order valence-electron chi connectivity index (χ0n) is 19.0. The van der Waals surface area contributed by atoms with Crippen molar-refractivity contribution < 1.29 is 9.18 Å². The highest BCUT2D eigenvalue weighted by Crippen LogP contribution is 2.34. The summed E-state index contributed by atoms with van der Waals surface area (Å²) >= 11 is 1.07. The fourth-order valence-corrected chi connectivity index (χ4v) is 4.80. The number of H-pyrrole nitrogens is 2. The van der Waals surface area contributed by atoms with Gasteiger partial charge < -0.3 is 10.3 Å². The highest BCUT2D eigenvalue weighted by atomic mass is 32.1. The van der Waals surface area contributed by atoms with Crippen molar-refractivity contribution in [2.75, 3.05) is 5.32 Å². The van der Waals surface area contributed by atoms with Gasteiger partial charge >= 0.3 is 0 Å². The first-order valence-electron chi connectivity index (χ1n) is 11.3. The second kappa shape index (κ2) is 8.93. The quantitative estimate of drug-likeness (QED) is 0.276. The van der Waals surface area contributed by atoms with Gasteiger partial charge in [-0.2, -0.15) is 9.49 Å². The number of thiophene rings is 1. The minimum atomic E-state index is -0.253. The summed E-state index contributed by atoms with van der Waals surface area (Å²) in [5.41, 5.74) is 5.43. The molecule has 0 spiro atoms. The van der Waals surface area contributed by atoms with Crippen molar-refractivity contribution in [3.8, 4) is 33.2 Å². The van der Waals surface area contributed by atoms with E-state index < -0.39 is 0 Å². The lowest BCUT2D eigenvalue weighted by Crippen LogP contribution is -2.10. The normalized spacial score (nSPS) is 11.4. The SMILES string of the molecule is CCCC(=O)Nc1cncc(-c2cc3c(-c4nc5nccc(-c6ccc(F)s6)c5[nH]4)n[nH]c3cn2)c1. The van der Waals surface area contributed by atoms with E-state index in [2.05, 4.69) is 40.4 Å². The van der Waals surface area contributed by atoms with Crippen molar-refractivity contribution in [1.29, 1.82) is 0 Å². The van der Waals surface area contributed by atoms with Crippen LogP contribution in [0.5, 0.6) is 0 Å². The lowest BCUT2D eigenvalue weighted by atomic mass is 10.1. The second-order valence-electron chi connectivity index (χ2n) is 8.19. The third-order valence-electron chi connectivity index (χ3n) is 5.70. The first-order valence-corrected chi connectivity index (χ1v) is 12.1. The molecule has 6 rings (SSSR count). The number of rotatable bonds is 6. The van der Waals surface area contributed by atoms with Gasteiger partial charge in [-0.05, 0) is 36.8 Å². The lowest BCUT2D eigenvalue weighted by molar-refractivity contribution is -0.116. The Bertz CT molecular complexity index is 1740. The van der Waals surface area contributed by atoms with Crippen LogP contribution in [0.3, 0.4) is 0 Å². The summed E-state index contributed by atoms with van der Waals surface area (Å²) < 4.78 is 13.6. The predicted molar refractivity (Wildman–Crippen MR) is 137 cm³/mol. The Morgan fingerprint density at radius 3 is 2.89 bits per heavy atom. The molecule has 36 heavy (non-hydrogen) atoms. The fourth-order valence-electron chi connectivity index (χ4n) is 4.04. The van der Waals surface area contributed by atoms with Gasteiger partial charge in [0.25, 0.3) is 0 Å². The van der Waals surface area contributed by atoms with Crippen molar-refractivity contribution in [3.05, 3.63) is 60.3 Å². The Kier molecular flexibility index (Phi) is 5.45. The van der Waals surface area contributed by atoms with Gasteiger partial charge in [-0.15, -0.1) is 11.3 Å². The van der Waals surface area contributed by atoms with Crippen LogP contribution in [0.4, 0.5) is 10.1 Å². The summed E-state index contributed by atoms with van der Waals surface area (Å²) in [5, 5.41) is 10.9. The lowest BCUT2D eigenvalue weighted by Gasteiger charge is -2.06. The highest BCUT2D eigenvalue weighted by Gasteiger charge is 2.17. The van der Waals surface area contributed by atoms with Gasteiger partial charge in [0, 0.05) is 40.2 Å². The maximum Gasteiger partial charge on any atom is 0.224 e. The molecule has 178 valence electrons. The summed E-state index contributed by atoms with van der Waals surface area (Å²) in [6.07, 6.45) is 7.87. The molecule has 3 N–H and O–H groups in total. The molecular weight excluding hydrogens is 479 g/mol. The van der Waals surface area contributed by atoms with Crippen LogP contribution in [0.1, 0.15) is 19.8 Å². The third kappa shape index (κ3) is 3.99. The van der Waals surface area contributed by atoms with Crippen LogP contribution >= 0.6 is 11.3 Å².